The Bertz CT molecular complexity index is 1010. The first-order valence-electron chi connectivity index (χ1n) is 9.73. The first-order chi connectivity index (χ1) is 14.0. The van der Waals surface area contributed by atoms with Crippen molar-refractivity contribution >= 4 is 5.97 Å². The molecule has 2 aromatic carbocycles. The van der Waals surface area contributed by atoms with Crippen LogP contribution in [0.25, 0.3) is 11.5 Å². The van der Waals surface area contributed by atoms with E-state index < -0.39 is 12.0 Å². The van der Waals surface area contributed by atoms with Crippen molar-refractivity contribution < 1.29 is 19.1 Å². The Morgan fingerprint density at radius 3 is 2.83 bits per heavy atom. The van der Waals surface area contributed by atoms with Crippen LogP contribution < -0.4 is 4.74 Å². The molecule has 1 aromatic heterocycles. The number of rotatable bonds is 6. The minimum absolute atomic E-state index is 0.438. The van der Waals surface area contributed by atoms with Crippen molar-refractivity contribution in [2.45, 2.75) is 25.8 Å². The van der Waals surface area contributed by atoms with Crippen LogP contribution in [0.3, 0.4) is 0 Å². The summed E-state index contributed by atoms with van der Waals surface area (Å²) < 4.78 is 11.7. The van der Waals surface area contributed by atoms with E-state index in [0.717, 1.165) is 41.1 Å². The zero-order chi connectivity index (χ0) is 20.4. The molecule has 0 bridgehead atoms. The van der Waals surface area contributed by atoms with Crippen molar-refractivity contribution in [1.82, 2.24) is 9.88 Å². The number of fused-ring (bicyclic) bond motifs is 1. The minimum Gasteiger partial charge on any atom is -0.493 e. The van der Waals surface area contributed by atoms with Gasteiger partial charge in [-0.25, -0.2) is 4.98 Å². The number of aryl methyl sites for hydroxylation is 1. The van der Waals surface area contributed by atoms with Gasteiger partial charge in [0, 0.05) is 18.5 Å². The molecule has 3 aromatic rings. The molecule has 1 N–H and O–H groups in total. The molecule has 0 aliphatic carbocycles. The molecule has 6 heteroatoms. The van der Waals surface area contributed by atoms with Crippen molar-refractivity contribution in [3.8, 4) is 17.2 Å². The van der Waals surface area contributed by atoms with Gasteiger partial charge in [0.05, 0.1) is 12.3 Å². The Morgan fingerprint density at radius 1 is 1.28 bits per heavy atom. The van der Waals surface area contributed by atoms with E-state index in [0.29, 0.717) is 24.7 Å². The van der Waals surface area contributed by atoms with E-state index in [1.54, 1.807) is 0 Å². The van der Waals surface area contributed by atoms with E-state index in [-0.39, 0.29) is 0 Å². The maximum atomic E-state index is 11.7. The summed E-state index contributed by atoms with van der Waals surface area (Å²) in [5, 5.41) is 9.60. The lowest BCUT2D eigenvalue weighted by Gasteiger charge is -2.31. The summed E-state index contributed by atoms with van der Waals surface area (Å²) in [6.07, 6.45) is 1.46. The first kappa shape index (κ1) is 19.2. The van der Waals surface area contributed by atoms with Crippen LogP contribution in [-0.4, -0.2) is 41.2 Å². The monoisotopic (exact) mass is 392 g/mol. The number of hydrogen-bond acceptors (Lipinski definition) is 5. The number of carboxylic acids is 1. The number of hydrogen-bond donors (Lipinski definition) is 1. The predicted molar refractivity (Wildman–Crippen MR) is 109 cm³/mol. The quantitative estimate of drug-likeness (QED) is 0.686. The van der Waals surface area contributed by atoms with Crippen molar-refractivity contribution in [2.24, 2.45) is 0 Å². The fraction of sp³-hybridized carbons (Fsp3) is 0.304. The highest BCUT2D eigenvalue weighted by atomic mass is 16.5. The van der Waals surface area contributed by atoms with Crippen LogP contribution in [-0.2, 0) is 17.6 Å². The molecule has 0 amide bonds. The molecule has 0 spiro atoms. The maximum Gasteiger partial charge on any atom is 0.325 e. The molecule has 0 radical (unpaired) electrons. The Kier molecular flexibility index (Phi) is 5.36. The number of nitrogens with zero attached hydrogens (tertiary/aromatic N) is 2. The van der Waals surface area contributed by atoms with Crippen LogP contribution in [0.1, 0.15) is 28.6 Å². The maximum absolute atomic E-state index is 11.7. The van der Waals surface area contributed by atoms with Crippen molar-refractivity contribution in [2.75, 3.05) is 20.2 Å². The number of aromatic nitrogens is 1. The van der Waals surface area contributed by atoms with Gasteiger partial charge in [0.15, 0.2) is 0 Å². The summed E-state index contributed by atoms with van der Waals surface area (Å²) in [5.41, 5.74) is 3.70. The standard InChI is InChI=1S/C23H24N2O4/c1-15-20(24-22(29-15)17-6-4-3-5-7-17)11-13-28-18-9-8-16-10-12-25(2)21(23(26)27)19(16)14-18/h3-9,14,21H,10-13H2,1-2H3,(H,26,27). The normalized spacial score (nSPS) is 16.4. The summed E-state index contributed by atoms with van der Waals surface area (Å²) in [4.78, 5) is 18.1. The molecule has 0 fully saturated rings. The van der Waals surface area contributed by atoms with Crippen LogP contribution in [0.4, 0.5) is 0 Å². The average Bonchev–Trinajstić information content (AvgIpc) is 3.09. The van der Waals surface area contributed by atoms with Gasteiger partial charge in [-0.2, -0.15) is 0 Å². The largest absolute Gasteiger partial charge is 0.493 e. The van der Waals surface area contributed by atoms with Gasteiger partial charge in [-0.1, -0.05) is 24.3 Å². The molecule has 2 heterocycles. The molecular formula is C23H24N2O4. The number of carboxylic acid groups (broad SMARTS) is 1. The smallest absolute Gasteiger partial charge is 0.325 e. The third kappa shape index (κ3) is 4.03. The highest BCUT2D eigenvalue weighted by Crippen LogP contribution is 2.32. The summed E-state index contributed by atoms with van der Waals surface area (Å²) in [5.74, 6) is 1.23. The van der Waals surface area contributed by atoms with Gasteiger partial charge in [0.2, 0.25) is 5.89 Å². The number of benzene rings is 2. The van der Waals surface area contributed by atoms with Gasteiger partial charge in [0.1, 0.15) is 17.6 Å². The third-order valence-corrected chi connectivity index (χ3v) is 5.34. The minimum atomic E-state index is -0.836. The van der Waals surface area contributed by atoms with Gasteiger partial charge in [0.25, 0.3) is 0 Å². The Labute approximate surface area is 169 Å². The molecule has 0 saturated heterocycles. The molecule has 29 heavy (non-hydrogen) atoms. The predicted octanol–water partition coefficient (Wildman–Crippen LogP) is 3.89. The second-order valence-corrected chi connectivity index (χ2v) is 7.32. The van der Waals surface area contributed by atoms with Gasteiger partial charge in [-0.15, -0.1) is 0 Å². The second-order valence-electron chi connectivity index (χ2n) is 7.32. The van der Waals surface area contributed by atoms with Crippen LogP contribution in [0, 0.1) is 6.92 Å². The van der Waals surface area contributed by atoms with E-state index in [1.165, 1.54) is 0 Å². The lowest BCUT2D eigenvalue weighted by Crippen LogP contribution is -2.36. The van der Waals surface area contributed by atoms with Gasteiger partial charge < -0.3 is 14.3 Å². The second kappa shape index (κ2) is 8.09. The van der Waals surface area contributed by atoms with Crippen LogP contribution in [0.5, 0.6) is 5.75 Å². The van der Waals surface area contributed by atoms with Gasteiger partial charge in [-0.05, 0) is 55.8 Å². The van der Waals surface area contributed by atoms with Gasteiger partial charge >= 0.3 is 5.97 Å². The summed E-state index contributed by atoms with van der Waals surface area (Å²) in [6, 6.07) is 14.9. The fourth-order valence-corrected chi connectivity index (χ4v) is 3.76. The molecular weight excluding hydrogens is 368 g/mol. The highest BCUT2D eigenvalue weighted by molar-refractivity contribution is 5.76. The zero-order valence-corrected chi connectivity index (χ0v) is 16.6. The van der Waals surface area contributed by atoms with Crippen LogP contribution in [0.15, 0.2) is 52.9 Å². The zero-order valence-electron chi connectivity index (χ0n) is 16.6. The van der Waals surface area contributed by atoms with E-state index in [4.69, 9.17) is 9.15 Å². The molecule has 6 nitrogen and oxygen atoms in total. The Balaban J connectivity index is 1.44. The topological polar surface area (TPSA) is 75.8 Å². The van der Waals surface area contributed by atoms with Gasteiger partial charge in [-0.3, -0.25) is 9.69 Å². The average molecular weight is 392 g/mol. The van der Waals surface area contributed by atoms with E-state index in [2.05, 4.69) is 4.98 Å². The first-order valence-corrected chi connectivity index (χ1v) is 9.73. The number of ether oxygens (including phenoxy) is 1. The fourth-order valence-electron chi connectivity index (χ4n) is 3.76. The number of carbonyl (C=O) groups is 1. The van der Waals surface area contributed by atoms with Crippen molar-refractivity contribution in [1.29, 1.82) is 0 Å². The van der Waals surface area contributed by atoms with Crippen molar-refractivity contribution in [3.63, 3.8) is 0 Å². The summed E-state index contributed by atoms with van der Waals surface area (Å²) >= 11 is 0. The van der Waals surface area contributed by atoms with E-state index in [9.17, 15) is 9.90 Å². The highest BCUT2D eigenvalue weighted by Gasteiger charge is 2.30. The molecule has 0 saturated carbocycles. The third-order valence-electron chi connectivity index (χ3n) is 5.34. The Morgan fingerprint density at radius 2 is 2.07 bits per heavy atom. The molecule has 1 aliphatic heterocycles. The molecule has 1 atom stereocenters. The molecule has 1 unspecified atom stereocenters. The lowest BCUT2D eigenvalue weighted by molar-refractivity contribution is -0.143. The number of likely N-dealkylation sites (N-methyl/N-ethyl adjacent to an activating group) is 1. The van der Waals surface area contributed by atoms with E-state index in [1.807, 2.05) is 67.4 Å². The lowest BCUT2D eigenvalue weighted by atomic mass is 9.93. The van der Waals surface area contributed by atoms with Crippen molar-refractivity contribution in [3.05, 3.63) is 71.1 Å². The SMILES string of the molecule is Cc1oc(-c2ccccc2)nc1CCOc1ccc2c(c1)C(C(=O)O)N(C)CC2. The van der Waals surface area contributed by atoms with Crippen LogP contribution in [0.2, 0.25) is 0 Å². The van der Waals surface area contributed by atoms with Crippen LogP contribution >= 0.6 is 0 Å². The Hall–Kier alpha value is -3.12. The molecule has 150 valence electrons. The summed E-state index contributed by atoms with van der Waals surface area (Å²) in [6.45, 7) is 3.08. The molecule has 4 rings (SSSR count). The molecule has 1 aliphatic rings. The summed E-state index contributed by atoms with van der Waals surface area (Å²) in [7, 11) is 1.84. The van der Waals surface area contributed by atoms with E-state index >= 15 is 0 Å². The number of oxazole rings is 1. The number of aliphatic carboxylic acids is 1.